The molecular weight excluding hydrogens is 116 g/mol. The highest BCUT2D eigenvalue weighted by Crippen LogP contribution is 2.10. The van der Waals surface area contributed by atoms with E-state index in [0.717, 1.165) is 19.5 Å². The van der Waals surface area contributed by atoms with E-state index >= 15 is 0 Å². The zero-order chi connectivity index (χ0) is 6.69. The SMILES string of the molecule is NC(=O)C[C@H]1CCNC1. The molecule has 0 aliphatic carbocycles. The van der Waals surface area contributed by atoms with Gasteiger partial charge in [0.1, 0.15) is 0 Å². The standard InChI is InChI=1S/C6H12N2O/c7-6(9)3-5-1-2-8-4-5/h5,8H,1-4H2,(H2,7,9)/t5-/m1/s1. The minimum Gasteiger partial charge on any atom is -0.370 e. The number of hydrogen-bond acceptors (Lipinski definition) is 2. The average molecular weight is 128 g/mol. The van der Waals surface area contributed by atoms with E-state index in [4.69, 9.17) is 5.73 Å². The summed E-state index contributed by atoms with van der Waals surface area (Å²) in [5.41, 5.74) is 5.01. The molecule has 0 bridgehead atoms. The summed E-state index contributed by atoms with van der Waals surface area (Å²) in [6.45, 7) is 2.00. The van der Waals surface area contributed by atoms with E-state index in [9.17, 15) is 4.79 Å². The summed E-state index contributed by atoms with van der Waals surface area (Å²) in [5.74, 6) is 0.325. The molecule has 1 heterocycles. The molecule has 0 saturated carbocycles. The molecule has 0 unspecified atom stereocenters. The molecular formula is C6H12N2O. The number of rotatable bonds is 2. The van der Waals surface area contributed by atoms with E-state index in [2.05, 4.69) is 5.32 Å². The van der Waals surface area contributed by atoms with E-state index in [1.165, 1.54) is 0 Å². The highest BCUT2D eigenvalue weighted by atomic mass is 16.1. The molecule has 1 aliphatic rings. The van der Waals surface area contributed by atoms with Crippen molar-refractivity contribution in [1.29, 1.82) is 0 Å². The second kappa shape index (κ2) is 2.82. The quantitative estimate of drug-likeness (QED) is 0.525. The van der Waals surface area contributed by atoms with Crippen molar-refractivity contribution in [3.63, 3.8) is 0 Å². The van der Waals surface area contributed by atoms with Crippen molar-refractivity contribution in [3.8, 4) is 0 Å². The molecule has 1 amide bonds. The zero-order valence-corrected chi connectivity index (χ0v) is 5.39. The molecule has 0 aromatic carbocycles. The number of amides is 1. The smallest absolute Gasteiger partial charge is 0.217 e. The Balaban J connectivity index is 2.19. The van der Waals surface area contributed by atoms with Gasteiger partial charge in [-0.2, -0.15) is 0 Å². The first-order chi connectivity index (χ1) is 4.29. The summed E-state index contributed by atoms with van der Waals surface area (Å²) in [6.07, 6.45) is 1.65. The van der Waals surface area contributed by atoms with Gasteiger partial charge < -0.3 is 11.1 Å². The molecule has 0 aromatic heterocycles. The van der Waals surface area contributed by atoms with Crippen LogP contribution in [0.4, 0.5) is 0 Å². The molecule has 0 radical (unpaired) electrons. The molecule has 3 N–H and O–H groups in total. The lowest BCUT2D eigenvalue weighted by molar-refractivity contribution is -0.118. The Kier molecular flexibility index (Phi) is 2.05. The van der Waals surface area contributed by atoms with Crippen LogP contribution in [0, 0.1) is 5.92 Å². The maximum Gasteiger partial charge on any atom is 0.217 e. The first-order valence-electron chi connectivity index (χ1n) is 3.28. The van der Waals surface area contributed by atoms with Gasteiger partial charge in [0.15, 0.2) is 0 Å². The number of carbonyl (C=O) groups excluding carboxylic acids is 1. The van der Waals surface area contributed by atoms with Crippen LogP contribution in [0.25, 0.3) is 0 Å². The van der Waals surface area contributed by atoms with Crippen LogP contribution in [0.3, 0.4) is 0 Å². The van der Waals surface area contributed by atoms with Crippen LogP contribution >= 0.6 is 0 Å². The van der Waals surface area contributed by atoms with Gasteiger partial charge in [-0.25, -0.2) is 0 Å². The number of hydrogen-bond donors (Lipinski definition) is 2. The highest BCUT2D eigenvalue weighted by Gasteiger charge is 2.15. The van der Waals surface area contributed by atoms with Crippen LogP contribution in [0.1, 0.15) is 12.8 Å². The van der Waals surface area contributed by atoms with Gasteiger partial charge in [0.05, 0.1) is 0 Å². The number of primary amides is 1. The van der Waals surface area contributed by atoms with Crippen LogP contribution in [0.15, 0.2) is 0 Å². The molecule has 1 fully saturated rings. The van der Waals surface area contributed by atoms with Crippen LogP contribution in [0.5, 0.6) is 0 Å². The molecule has 3 heteroatoms. The Labute approximate surface area is 54.6 Å². The van der Waals surface area contributed by atoms with Crippen LogP contribution in [-0.2, 0) is 4.79 Å². The van der Waals surface area contributed by atoms with Gasteiger partial charge in [-0.3, -0.25) is 4.79 Å². The summed E-state index contributed by atoms with van der Waals surface area (Å²) in [4.78, 5) is 10.3. The van der Waals surface area contributed by atoms with E-state index in [1.807, 2.05) is 0 Å². The predicted octanol–water partition coefficient (Wildman–Crippen LogP) is -0.529. The first kappa shape index (κ1) is 6.55. The lowest BCUT2D eigenvalue weighted by Crippen LogP contribution is -2.18. The number of carbonyl (C=O) groups is 1. The Hall–Kier alpha value is -0.570. The fourth-order valence-electron chi connectivity index (χ4n) is 1.17. The second-order valence-corrected chi connectivity index (χ2v) is 2.53. The Morgan fingerprint density at radius 1 is 1.78 bits per heavy atom. The summed E-state index contributed by atoms with van der Waals surface area (Å²) in [6, 6.07) is 0. The van der Waals surface area contributed by atoms with Gasteiger partial charge in [0, 0.05) is 6.42 Å². The van der Waals surface area contributed by atoms with Crippen molar-refractivity contribution in [2.75, 3.05) is 13.1 Å². The van der Waals surface area contributed by atoms with Crippen molar-refractivity contribution < 1.29 is 4.79 Å². The Morgan fingerprint density at radius 2 is 2.56 bits per heavy atom. The van der Waals surface area contributed by atoms with Gasteiger partial charge >= 0.3 is 0 Å². The summed E-state index contributed by atoms with van der Waals surface area (Å²) >= 11 is 0. The van der Waals surface area contributed by atoms with Gasteiger partial charge in [0.25, 0.3) is 0 Å². The third kappa shape index (κ3) is 2.01. The predicted molar refractivity (Wildman–Crippen MR) is 34.8 cm³/mol. The minimum absolute atomic E-state index is 0.177. The van der Waals surface area contributed by atoms with Gasteiger partial charge in [-0.05, 0) is 25.4 Å². The van der Waals surface area contributed by atoms with Gasteiger partial charge in [-0.1, -0.05) is 0 Å². The molecule has 1 rings (SSSR count). The molecule has 3 nitrogen and oxygen atoms in total. The topological polar surface area (TPSA) is 55.1 Å². The lowest BCUT2D eigenvalue weighted by Gasteiger charge is -2.01. The van der Waals surface area contributed by atoms with E-state index in [1.54, 1.807) is 0 Å². The van der Waals surface area contributed by atoms with E-state index in [-0.39, 0.29) is 5.91 Å². The van der Waals surface area contributed by atoms with Crippen molar-refractivity contribution in [3.05, 3.63) is 0 Å². The molecule has 9 heavy (non-hydrogen) atoms. The molecule has 1 saturated heterocycles. The van der Waals surface area contributed by atoms with Gasteiger partial charge in [0.2, 0.25) is 5.91 Å². The number of nitrogens with one attached hydrogen (secondary N) is 1. The van der Waals surface area contributed by atoms with Crippen LogP contribution < -0.4 is 11.1 Å². The van der Waals surface area contributed by atoms with Crippen LogP contribution in [-0.4, -0.2) is 19.0 Å². The van der Waals surface area contributed by atoms with Gasteiger partial charge in [-0.15, -0.1) is 0 Å². The fourth-order valence-corrected chi connectivity index (χ4v) is 1.17. The highest BCUT2D eigenvalue weighted by molar-refractivity contribution is 5.74. The Bertz CT molecular complexity index is 108. The third-order valence-electron chi connectivity index (χ3n) is 1.65. The van der Waals surface area contributed by atoms with Crippen molar-refractivity contribution in [2.24, 2.45) is 11.7 Å². The maximum absolute atomic E-state index is 10.3. The fraction of sp³-hybridized carbons (Fsp3) is 0.833. The zero-order valence-electron chi connectivity index (χ0n) is 5.39. The second-order valence-electron chi connectivity index (χ2n) is 2.53. The maximum atomic E-state index is 10.3. The molecule has 0 spiro atoms. The molecule has 52 valence electrons. The number of nitrogens with two attached hydrogens (primary N) is 1. The monoisotopic (exact) mass is 128 g/mol. The molecule has 1 atom stereocenters. The van der Waals surface area contributed by atoms with Crippen molar-refractivity contribution in [2.45, 2.75) is 12.8 Å². The lowest BCUT2D eigenvalue weighted by atomic mass is 10.1. The summed E-state index contributed by atoms with van der Waals surface area (Å²) < 4.78 is 0. The average Bonchev–Trinajstić information content (AvgIpc) is 2.15. The molecule has 0 aromatic rings. The van der Waals surface area contributed by atoms with E-state index in [0.29, 0.717) is 12.3 Å². The van der Waals surface area contributed by atoms with Crippen molar-refractivity contribution >= 4 is 5.91 Å². The van der Waals surface area contributed by atoms with E-state index < -0.39 is 0 Å². The summed E-state index contributed by atoms with van der Waals surface area (Å²) in [5, 5.41) is 3.17. The first-order valence-corrected chi connectivity index (χ1v) is 3.28. The van der Waals surface area contributed by atoms with Crippen LogP contribution in [0.2, 0.25) is 0 Å². The molecule has 1 aliphatic heterocycles. The van der Waals surface area contributed by atoms with Crippen molar-refractivity contribution in [1.82, 2.24) is 5.32 Å². The normalized spacial score (nSPS) is 26.4. The third-order valence-corrected chi connectivity index (χ3v) is 1.65. The Morgan fingerprint density at radius 3 is 3.00 bits per heavy atom. The summed E-state index contributed by atoms with van der Waals surface area (Å²) in [7, 11) is 0. The largest absolute Gasteiger partial charge is 0.370 e. The minimum atomic E-state index is -0.177.